The normalized spacial score (nSPS) is 15.7. The fraction of sp³-hybridized carbons (Fsp3) is 0.500. The molecule has 0 atom stereocenters. The van der Waals surface area contributed by atoms with Gasteiger partial charge in [0.1, 0.15) is 0 Å². The summed E-state index contributed by atoms with van der Waals surface area (Å²) in [5.74, 6) is 0.804. The molecular weight excluding hydrogens is 292 g/mol. The highest BCUT2D eigenvalue weighted by atomic mass is 16.2. The minimum Gasteiger partial charge on any atom is -0.341 e. The maximum atomic E-state index is 12.5. The second-order valence-electron chi connectivity index (χ2n) is 6.10. The molecule has 3 heterocycles. The summed E-state index contributed by atoms with van der Waals surface area (Å²) in [6.45, 7) is 3.70. The molecule has 0 aromatic carbocycles. The Morgan fingerprint density at radius 3 is 2.43 bits per heavy atom. The van der Waals surface area contributed by atoms with Gasteiger partial charge < -0.3 is 9.80 Å². The Bertz CT molecular complexity index is 672. The van der Waals surface area contributed by atoms with Crippen molar-refractivity contribution in [3.8, 4) is 0 Å². The molecule has 2 aromatic heterocycles. The van der Waals surface area contributed by atoms with Gasteiger partial charge in [0.05, 0.1) is 11.8 Å². The Balaban J connectivity index is 1.60. The van der Waals surface area contributed by atoms with E-state index in [-0.39, 0.29) is 11.9 Å². The zero-order chi connectivity index (χ0) is 16.4. The molecule has 7 heteroatoms. The number of hydrogen-bond acceptors (Lipinski definition) is 5. The van der Waals surface area contributed by atoms with E-state index in [1.54, 1.807) is 17.1 Å². The Morgan fingerprint density at radius 2 is 1.87 bits per heavy atom. The molecule has 2 aromatic rings. The maximum absolute atomic E-state index is 12.5. The maximum Gasteiger partial charge on any atom is 0.257 e. The van der Waals surface area contributed by atoms with E-state index in [1.807, 2.05) is 38.3 Å². The minimum atomic E-state index is 0.0307. The third kappa shape index (κ3) is 3.33. The van der Waals surface area contributed by atoms with Gasteiger partial charge in [-0.3, -0.25) is 9.48 Å². The van der Waals surface area contributed by atoms with Crippen molar-refractivity contribution in [2.75, 3.05) is 25.0 Å². The van der Waals surface area contributed by atoms with E-state index >= 15 is 0 Å². The topological polar surface area (TPSA) is 67.2 Å². The summed E-state index contributed by atoms with van der Waals surface area (Å²) in [5, 5.41) is 4.07. The van der Waals surface area contributed by atoms with E-state index in [4.69, 9.17) is 0 Å². The van der Waals surface area contributed by atoms with Crippen LogP contribution in [0.2, 0.25) is 0 Å². The average molecular weight is 314 g/mol. The summed E-state index contributed by atoms with van der Waals surface area (Å²) in [6, 6.07) is 0.240. The quantitative estimate of drug-likeness (QED) is 0.853. The lowest BCUT2D eigenvalue weighted by atomic mass is 10.0. The molecular formula is C16H22N6O. The molecule has 3 rings (SSSR count). The van der Waals surface area contributed by atoms with Gasteiger partial charge in [0.25, 0.3) is 5.91 Å². The monoisotopic (exact) mass is 314 g/mol. The first kappa shape index (κ1) is 15.5. The first-order valence-electron chi connectivity index (χ1n) is 7.84. The van der Waals surface area contributed by atoms with E-state index in [9.17, 15) is 4.79 Å². The van der Waals surface area contributed by atoms with Crippen LogP contribution in [0.25, 0.3) is 0 Å². The van der Waals surface area contributed by atoms with Gasteiger partial charge in [0, 0.05) is 51.8 Å². The van der Waals surface area contributed by atoms with Crippen LogP contribution in [-0.4, -0.2) is 56.7 Å². The lowest BCUT2D eigenvalue weighted by molar-refractivity contribution is 0.0709. The number of anilines is 1. The molecule has 1 aliphatic rings. The summed E-state index contributed by atoms with van der Waals surface area (Å²) < 4.78 is 1.65. The number of rotatable bonds is 3. The molecule has 23 heavy (non-hydrogen) atoms. The van der Waals surface area contributed by atoms with Crippen molar-refractivity contribution < 1.29 is 4.79 Å². The van der Waals surface area contributed by atoms with Crippen LogP contribution in [0.1, 0.15) is 28.8 Å². The lowest BCUT2D eigenvalue weighted by Gasteiger charge is -2.36. The van der Waals surface area contributed by atoms with Crippen LogP contribution < -0.4 is 4.90 Å². The van der Waals surface area contributed by atoms with Gasteiger partial charge in [-0.05, 0) is 25.3 Å². The van der Waals surface area contributed by atoms with Crippen molar-refractivity contribution in [1.29, 1.82) is 0 Å². The number of carbonyl (C=O) groups is 1. The van der Waals surface area contributed by atoms with E-state index in [0.29, 0.717) is 5.56 Å². The van der Waals surface area contributed by atoms with Crippen LogP contribution in [0.15, 0.2) is 24.8 Å². The second kappa shape index (κ2) is 6.36. The van der Waals surface area contributed by atoms with E-state index in [1.165, 1.54) is 0 Å². The Morgan fingerprint density at radius 1 is 1.22 bits per heavy atom. The number of hydrogen-bond donors (Lipinski definition) is 0. The van der Waals surface area contributed by atoms with Crippen molar-refractivity contribution in [1.82, 2.24) is 24.6 Å². The van der Waals surface area contributed by atoms with Crippen molar-refractivity contribution in [3.05, 3.63) is 35.9 Å². The van der Waals surface area contributed by atoms with E-state index in [2.05, 4.69) is 20.0 Å². The predicted octanol–water partition coefficient (Wildman–Crippen LogP) is 1.26. The Hall–Kier alpha value is -2.44. The van der Waals surface area contributed by atoms with Crippen LogP contribution in [0.5, 0.6) is 0 Å². The van der Waals surface area contributed by atoms with Crippen LogP contribution in [0.3, 0.4) is 0 Å². The van der Waals surface area contributed by atoms with Crippen LogP contribution in [-0.2, 0) is 7.05 Å². The van der Waals surface area contributed by atoms with Crippen LogP contribution in [0, 0.1) is 6.92 Å². The molecule has 0 N–H and O–H groups in total. The minimum absolute atomic E-state index is 0.0307. The largest absolute Gasteiger partial charge is 0.341 e. The zero-order valence-corrected chi connectivity index (χ0v) is 13.8. The number of piperidine rings is 1. The predicted molar refractivity (Wildman–Crippen MR) is 87.3 cm³/mol. The number of carbonyl (C=O) groups excluding carboxylic acids is 1. The third-order valence-corrected chi connectivity index (χ3v) is 4.33. The highest BCUT2D eigenvalue weighted by molar-refractivity contribution is 5.93. The first-order valence-corrected chi connectivity index (χ1v) is 7.84. The van der Waals surface area contributed by atoms with Gasteiger partial charge in [-0.2, -0.15) is 5.10 Å². The molecule has 0 spiro atoms. The van der Waals surface area contributed by atoms with Crippen LogP contribution in [0.4, 0.5) is 5.95 Å². The fourth-order valence-corrected chi connectivity index (χ4v) is 2.90. The smallest absolute Gasteiger partial charge is 0.257 e. The van der Waals surface area contributed by atoms with Gasteiger partial charge in [-0.25, -0.2) is 9.97 Å². The first-order chi connectivity index (χ1) is 11.0. The van der Waals surface area contributed by atoms with Gasteiger partial charge in [0.15, 0.2) is 0 Å². The van der Waals surface area contributed by atoms with Crippen LogP contribution >= 0.6 is 0 Å². The molecule has 0 aliphatic carbocycles. The Kier molecular flexibility index (Phi) is 4.27. The highest BCUT2D eigenvalue weighted by Crippen LogP contribution is 2.20. The van der Waals surface area contributed by atoms with Gasteiger partial charge in [-0.1, -0.05) is 0 Å². The number of nitrogens with zero attached hydrogens (tertiary/aromatic N) is 6. The Labute approximate surface area is 135 Å². The number of aromatic nitrogens is 4. The van der Waals surface area contributed by atoms with Gasteiger partial charge in [0.2, 0.25) is 5.95 Å². The number of amides is 1. The van der Waals surface area contributed by atoms with E-state index in [0.717, 1.165) is 37.4 Å². The highest BCUT2D eigenvalue weighted by Gasteiger charge is 2.27. The molecule has 0 unspecified atom stereocenters. The molecule has 0 bridgehead atoms. The fourth-order valence-electron chi connectivity index (χ4n) is 2.90. The summed E-state index contributed by atoms with van der Waals surface area (Å²) in [6.07, 6.45) is 8.89. The molecule has 1 aliphatic heterocycles. The molecule has 1 fully saturated rings. The van der Waals surface area contributed by atoms with Crippen molar-refractivity contribution in [2.24, 2.45) is 7.05 Å². The molecule has 7 nitrogen and oxygen atoms in total. The van der Waals surface area contributed by atoms with Crippen molar-refractivity contribution in [3.63, 3.8) is 0 Å². The van der Waals surface area contributed by atoms with Gasteiger partial charge >= 0.3 is 0 Å². The summed E-state index contributed by atoms with van der Waals surface area (Å²) in [4.78, 5) is 25.3. The molecule has 0 saturated carbocycles. The molecule has 0 radical (unpaired) electrons. The summed E-state index contributed by atoms with van der Waals surface area (Å²) in [5.41, 5.74) is 1.70. The molecule has 122 valence electrons. The average Bonchev–Trinajstić information content (AvgIpc) is 3.01. The SMILES string of the molecule is Cc1cnc(N2CCC(N(C)C(=O)c3cnn(C)c3)CC2)nc1. The second-order valence-corrected chi connectivity index (χ2v) is 6.10. The van der Waals surface area contributed by atoms with E-state index < -0.39 is 0 Å². The van der Waals surface area contributed by atoms with Crippen molar-refractivity contribution >= 4 is 11.9 Å². The summed E-state index contributed by atoms with van der Waals surface area (Å²) >= 11 is 0. The van der Waals surface area contributed by atoms with Crippen molar-refractivity contribution in [2.45, 2.75) is 25.8 Å². The lowest BCUT2D eigenvalue weighted by Crippen LogP contribution is -2.46. The third-order valence-electron chi connectivity index (χ3n) is 4.33. The van der Waals surface area contributed by atoms with Gasteiger partial charge in [-0.15, -0.1) is 0 Å². The number of aryl methyl sites for hydroxylation is 2. The summed E-state index contributed by atoms with van der Waals surface area (Å²) in [7, 11) is 3.69. The molecule has 1 saturated heterocycles. The molecule has 1 amide bonds. The standard InChI is InChI=1S/C16H22N6O/c1-12-8-17-16(18-9-12)22-6-4-14(5-7-22)21(3)15(23)13-10-19-20(2)11-13/h8-11,14H,4-7H2,1-3H3. The zero-order valence-electron chi connectivity index (χ0n) is 13.8.